The highest BCUT2D eigenvalue weighted by molar-refractivity contribution is 5.16. The third-order valence-corrected chi connectivity index (χ3v) is 2.52. The van der Waals surface area contributed by atoms with E-state index >= 15 is 0 Å². The van der Waals surface area contributed by atoms with Gasteiger partial charge in [-0.15, -0.1) is 5.10 Å². The van der Waals surface area contributed by atoms with Gasteiger partial charge in [0.1, 0.15) is 5.82 Å². The van der Waals surface area contributed by atoms with Crippen LogP contribution in [0.25, 0.3) is 0 Å². The summed E-state index contributed by atoms with van der Waals surface area (Å²) in [5.74, 6) is -1.81. The summed E-state index contributed by atoms with van der Waals surface area (Å²) in [6.45, 7) is -0.222. The van der Waals surface area contributed by atoms with Gasteiger partial charge in [0.25, 0.3) is 0 Å². The second-order valence-electron chi connectivity index (χ2n) is 3.95. The Balaban J connectivity index is 2.40. The number of benzene rings is 1. The molecule has 0 bridgehead atoms. The summed E-state index contributed by atoms with van der Waals surface area (Å²) >= 11 is 0. The fourth-order valence-corrected chi connectivity index (χ4v) is 1.65. The highest BCUT2D eigenvalue weighted by Gasteiger charge is 2.37. The Kier molecular flexibility index (Phi) is 3.17. The Bertz CT molecular complexity index is 657. The molecule has 19 heavy (non-hydrogen) atoms. The Morgan fingerprint density at radius 3 is 2.53 bits per heavy atom. The van der Waals surface area contributed by atoms with E-state index in [2.05, 4.69) is 5.10 Å². The lowest BCUT2D eigenvalue weighted by molar-refractivity contribution is -0.147. The van der Waals surface area contributed by atoms with Crippen LogP contribution >= 0.6 is 0 Å². The van der Waals surface area contributed by atoms with E-state index in [-0.39, 0.29) is 6.54 Å². The van der Waals surface area contributed by atoms with Gasteiger partial charge in [0.15, 0.2) is 0 Å². The number of nitrogens with zero attached hydrogens (tertiary/aromatic N) is 3. The zero-order valence-corrected chi connectivity index (χ0v) is 9.78. The van der Waals surface area contributed by atoms with Crippen molar-refractivity contribution in [2.75, 3.05) is 0 Å². The van der Waals surface area contributed by atoms with Gasteiger partial charge in [-0.05, 0) is 17.7 Å². The molecule has 0 saturated heterocycles. The van der Waals surface area contributed by atoms with E-state index in [1.54, 1.807) is 0 Å². The second kappa shape index (κ2) is 4.52. The maximum atomic E-state index is 13.0. The molecule has 0 aliphatic heterocycles. The molecular weight excluding hydrogens is 266 g/mol. The minimum atomic E-state index is -4.71. The summed E-state index contributed by atoms with van der Waals surface area (Å²) in [5, 5.41) is 3.23. The predicted molar refractivity (Wildman–Crippen MR) is 58.0 cm³/mol. The smallest absolute Gasteiger partial charge is 0.274 e. The van der Waals surface area contributed by atoms with E-state index in [9.17, 15) is 22.4 Å². The van der Waals surface area contributed by atoms with Crippen molar-refractivity contribution < 1.29 is 17.6 Å². The molecule has 2 rings (SSSR count). The molecule has 2 aromatic rings. The summed E-state index contributed by atoms with van der Waals surface area (Å²) in [5.41, 5.74) is -0.550. The first-order valence-electron chi connectivity index (χ1n) is 5.24. The SMILES string of the molecule is Cn1c(C(F)(F)F)nn(Cc2cccc(F)c2)c1=O. The molecule has 8 heteroatoms. The van der Waals surface area contributed by atoms with E-state index in [0.29, 0.717) is 14.8 Å². The lowest BCUT2D eigenvalue weighted by Crippen LogP contribution is -2.24. The number of aromatic nitrogens is 3. The van der Waals surface area contributed by atoms with Crippen LogP contribution < -0.4 is 5.69 Å². The van der Waals surface area contributed by atoms with Crippen molar-refractivity contribution in [1.29, 1.82) is 0 Å². The molecular formula is C11H9F4N3O. The number of hydrogen-bond acceptors (Lipinski definition) is 2. The van der Waals surface area contributed by atoms with Gasteiger partial charge in [0, 0.05) is 7.05 Å². The molecule has 0 fully saturated rings. The maximum absolute atomic E-state index is 13.0. The topological polar surface area (TPSA) is 39.8 Å². The minimum Gasteiger partial charge on any atom is -0.274 e. The molecule has 102 valence electrons. The molecule has 0 spiro atoms. The van der Waals surface area contributed by atoms with Gasteiger partial charge in [0.2, 0.25) is 5.82 Å². The molecule has 1 heterocycles. The molecule has 1 aromatic heterocycles. The molecule has 0 aliphatic rings. The summed E-state index contributed by atoms with van der Waals surface area (Å²) in [6, 6.07) is 5.24. The van der Waals surface area contributed by atoms with Crippen LogP contribution in [0.15, 0.2) is 29.1 Å². The molecule has 0 aliphatic carbocycles. The third kappa shape index (κ3) is 2.67. The molecule has 0 N–H and O–H groups in total. The highest BCUT2D eigenvalue weighted by Crippen LogP contribution is 2.26. The standard InChI is InChI=1S/C11H9F4N3O/c1-17-9(11(13,14)15)16-18(10(17)19)6-7-3-2-4-8(12)5-7/h2-5H,6H2,1H3. The second-order valence-corrected chi connectivity index (χ2v) is 3.95. The van der Waals surface area contributed by atoms with Gasteiger partial charge in [-0.2, -0.15) is 13.2 Å². The first-order chi connectivity index (χ1) is 8.79. The Labute approximate surface area is 104 Å². The number of halogens is 4. The van der Waals surface area contributed by atoms with Crippen molar-refractivity contribution >= 4 is 0 Å². The van der Waals surface area contributed by atoms with E-state index in [1.807, 2.05) is 0 Å². The van der Waals surface area contributed by atoms with Gasteiger partial charge in [0.05, 0.1) is 6.54 Å². The van der Waals surface area contributed by atoms with Gasteiger partial charge in [-0.1, -0.05) is 12.1 Å². The van der Waals surface area contributed by atoms with Crippen LogP contribution in [-0.2, 0) is 19.8 Å². The summed E-state index contributed by atoms with van der Waals surface area (Å²) in [7, 11) is 0.986. The molecule has 0 unspecified atom stereocenters. The average molecular weight is 275 g/mol. The van der Waals surface area contributed by atoms with E-state index in [4.69, 9.17) is 0 Å². The van der Waals surface area contributed by atoms with Crippen LogP contribution in [0.4, 0.5) is 17.6 Å². The third-order valence-electron chi connectivity index (χ3n) is 2.52. The highest BCUT2D eigenvalue weighted by atomic mass is 19.4. The first kappa shape index (κ1) is 13.3. The zero-order valence-electron chi connectivity index (χ0n) is 9.78. The lowest BCUT2D eigenvalue weighted by atomic mass is 10.2. The van der Waals surface area contributed by atoms with Crippen molar-refractivity contribution in [3.05, 3.63) is 52.0 Å². The summed E-state index contributed by atoms with van der Waals surface area (Å²) in [4.78, 5) is 11.6. The quantitative estimate of drug-likeness (QED) is 0.784. The van der Waals surface area contributed by atoms with Crippen LogP contribution in [0.2, 0.25) is 0 Å². The number of rotatable bonds is 2. The van der Waals surface area contributed by atoms with E-state index in [0.717, 1.165) is 13.1 Å². The monoisotopic (exact) mass is 275 g/mol. The maximum Gasteiger partial charge on any atom is 0.451 e. The zero-order chi connectivity index (χ0) is 14.2. The van der Waals surface area contributed by atoms with Crippen molar-refractivity contribution in [2.45, 2.75) is 12.7 Å². The van der Waals surface area contributed by atoms with Crippen molar-refractivity contribution in [1.82, 2.24) is 14.3 Å². The van der Waals surface area contributed by atoms with Crippen molar-refractivity contribution in [2.24, 2.45) is 7.05 Å². The number of hydrogen-bond donors (Lipinski definition) is 0. The Hall–Kier alpha value is -2.12. The molecule has 1 aromatic carbocycles. The average Bonchev–Trinajstić information content (AvgIpc) is 2.57. The normalized spacial score (nSPS) is 11.8. The largest absolute Gasteiger partial charge is 0.451 e. The summed E-state index contributed by atoms with van der Waals surface area (Å²) in [6.07, 6.45) is -4.71. The molecule has 0 atom stereocenters. The van der Waals surface area contributed by atoms with Gasteiger partial charge < -0.3 is 0 Å². The molecule has 0 saturated carbocycles. The molecule has 0 radical (unpaired) electrons. The van der Waals surface area contributed by atoms with Gasteiger partial charge >= 0.3 is 11.9 Å². The van der Waals surface area contributed by atoms with Crippen LogP contribution in [0.5, 0.6) is 0 Å². The summed E-state index contributed by atoms with van der Waals surface area (Å²) < 4.78 is 51.7. The lowest BCUT2D eigenvalue weighted by Gasteiger charge is -2.02. The minimum absolute atomic E-state index is 0.222. The first-order valence-corrected chi connectivity index (χ1v) is 5.24. The fourth-order valence-electron chi connectivity index (χ4n) is 1.65. The van der Waals surface area contributed by atoms with E-state index < -0.39 is 23.5 Å². The van der Waals surface area contributed by atoms with Gasteiger partial charge in [-0.3, -0.25) is 4.57 Å². The van der Waals surface area contributed by atoms with E-state index in [1.165, 1.54) is 18.2 Å². The van der Waals surface area contributed by atoms with Crippen molar-refractivity contribution in [3.8, 4) is 0 Å². The van der Waals surface area contributed by atoms with Gasteiger partial charge in [-0.25, -0.2) is 13.9 Å². The fraction of sp³-hybridized carbons (Fsp3) is 0.273. The Morgan fingerprint density at radius 2 is 2.00 bits per heavy atom. The van der Waals surface area contributed by atoms with Crippen LogP contribution in [0.1, 0.15) is 11.4 Å². The van der Waals surface area contributed by atoms with Crippen LogP contribution in [0.3, 0.4) is 0 Å². The molecule has 4 nitrogen and oxygen atoms in total. The van der Waals surface area contributed by atoms with Crippen LogP contribution in [-0.4, -0.2) is 14.3 Å². The van der Waals surface area contributed by atoms with Crippen molar-refractivity contribution in [3.63, 3.8) is 0 Å². The Morgan fingerprint density at radius 1 is 1.32 bits per heavy atom. The predicted octanol–water partition coefficient (Wildman–Crippen LogP) is 1.79. The molecule has 0 amide bonds. The van der Waals surface area contributed by atoms with Crippen LogP contribution in [0, 0.1) is 5.82 Å². The number of alkyl halides is 3.